The second-order valence-electron chi connectivity index (χ2n) is 4.30. The van der Waals surface area contributed by atoms with Gasteiger partial charge in [0.05, 0.1) is 25.2 Å². The fourth-order valence-electron chi connectivity index (χ4n) is 2.08. The average molecular weight is 293 g/mol. The van der Waals surface area contributed by atoms with Crippen molar-refractivity contribution in [2.75, 3.05) is 20.3 Å². The lowest BCUT2D eigenvalue weighted by Gasteiger charge is -2.16. The van der Waals surface area contributed by atoms with Crippen molar-refractivity contribution in [1.29, 1.82) is 0 Å². The first-order chi connectivity index (χ1) is 10.1. The third kappa shape index (κ3) is 2.92. The van der Waals surface area contributed by atoms with Gasteiger partial charge in [0.25, 0.3) is 0 Å². The van der Waals surface area contributed by atoms with E-state index in [2.05, 4.69) is 9.97 Å². The fraction of sp³-hybridized carbons (Fsp3) is 0.357. The van der Waals surface area contributed by atoms with Gasteiger partial charge in [0.2, 0.25) is 0 Å². The Bertz CT molecular complexity index is 663. The van der Waals surface area contributed by atoms with Crippen molar-refractivity contribution in [3.05, 3.63) is 29.7 Å². The lowest BCUT2D eigenvalue weighted by atomic mass is 9.96. The molecule has 1 aromatic heterocycles. The molecular weight excluding hydrogens is 277 g/mol. The molecule has 0 aliphatic rings. The van der Waals surface area contributed by atoms with Crippen LogP contribution in [-0.4, -0.2) is 36.2 Å². The summed E-state index contributed by atoms with van der Waals surface area (Å²) in [5.74, 6) is -2.07. The highest BCUT2D eigenvalue weighted by Crippen LogP contribution is 2.28. The van der Waals surface area contributed by atoms with Crippen molar-refractivity contribution in [2.24, 2.45) is 5.73 Å². The van der Waals surface area contributed by atoms with Gasteiger partial charge in [0.15, 0.2) is 0 Å². The minimum Gasteiger partial charge on any atom is -0.467 e. The van der Waals surface area contributed by atoms with Crippen LogP contribution in [0, 0.1) is 5.82 Å². The van der Waals surface area contributed by atoms with Gasteiger partial charge >= 0.3 is 12.0 Å². The Labute approximate surface area is 121 Å². The highest BCUT2D eigenvalue weighted by molar-refractivity contribution is 5.88. The van der Waals surface area contributed by atoms with Crippen molar-refractivity contribution < 1.29 is 18.7 Å². The molecule has 112 valence electrons. The van der Waals surface area contributed by atoms with Gasteiger partial charge in [-0.25, -0.2) is 9.37 Å². The summed E-state index contributed by atoms with van der Waals surface area (Å²) in [5.41, 5.74) is 6.03. The Morgan fingerprint density at radius 3 is 2.86 bits per heavy atom. The number of nitrogens with two attached hydrogens (primary N) is 1. The molecule has 1 unspecified atom stereocenters. The monoisotopic (exact) mass is 293 g/mol. The molecule has 2 rings (SSSR count). The number of benzene rings is 1. The van der Waals surface area contributed by atoms with Crippen LogP contribution in [0.25, 0.3) is 10.9 Å². The highest BCUT2D eigenvalue weighted by Gasteiger charge is 2.27. The summed E-state index contributed by atoms with van der Waals surface area (Å²) in [6.07, 6.45) is 1.50. The molecule has 0 radical (unpaired) electrons. The zero-order valence-electron chi connectivity index (χ0n) is 11.8. The molecule has 1 aromatic carbocycles. The van der Waals surface area contributed by atoms with E-state index in [-0.39, 0.29) is 24.7 Å². The summed E-state index contributed by atoms with van der Waals surface area (Å²) in [6.45, 7) is 1.79. The van der Waals surface area contributed by atoms with Crippen molar-refractivity contribution in [3.8, 4) is 6.01 Å². The van der Waals surface area contributed by atoms with Crippen LogP contribution in [0.3, 0.4) is 0 Å². The number of rotatable bonds is 5. The average Bonchev–Trinajstić information content (AvgIpc) is 2.50. The second-order valence-corrected chi connectivity index (χ2v) is 4.30. The van der Waals surface area contributed by atoms with Gasteiger partial charge in [-0.3, -0.25) is 4.79 Å². The summed E-state index contributed by atoms with van der Waals surface area (Å²) in [4.78, 5) is 20.1. The van der Waals surface area contributed by atoms with E-state index < -0.39 is 17.7 Å². The number of carbonyl (C=O) groups excluding carboxylic acids is 1. The first kappa shape index (κ1) is 15.1. The molecule has 2 aromatic rings. The number of esters is 1. The molecule has 1 atom stereocenters. The summed E-state index contributed by atoms with van der Waals surface area (Å²) in [6, 6.07) is 2.89. The molecular formula is C14H16FN3O3. The summed E-state index contributed by atoms with van der Waals surface area (Å²) in [5, 5.41) is 0.593. The number of aromatic nitrogens is 2. The van der Waals surface area contributed by atoms with Gasteiger partial charge in [-0.15, -0.1) is 0 Å². The molecule has 2 N–H and O–H groups in total. The predicted octanol–water partition coefficient (Wildman–Crippen LogP) is 1.38. The summed E-state index contributed by atoms with van der Waals surface area (Å²) >= 11 is 0. The number of nitrogens with zero attached hydrogens (tertiary/aromatic N) is 2. The fourth-order valence-corrected chi connectivity index (χ4v) is 2.08. The molecule has 0 fully saturated rings. The Kier molecular flexibility index (Phi) is 4.64. The summed E-state index contributed by atoms with van der Waals surface area (Å²) < 4.78 is 24.1. The van der Waals surface area contributed by atoms with Crippen molar-refractivity contribution in [1.82, 2.24) is 9.97 Å². The standard InChI is InChI=1S/C14H16FN3O3/c1-3-21-13(19)9(6-16)11-10(15)5-4-8-7-17-14(20-2)18-12(8)11/h4-5,7,9H,3,6,16H2,1-2H3. The zero-order chi connectivity index (χ0) is 15.4. The molecule has 1 heterocycles. The Morgan fingerprint density at radius 2 is 2.24 bits per heavy atom. The van der Waals surface area contributed by atoms with Crippen LogP contribution in [0.15, 0.2) is 18.3 Å². The van der Waals surface area contributed by atoms with Crippen LogP contribution in [0.4, 0.5) is 4.39 Å². The Hall–Kier alpha value is -2.28. The summed E-state index contributed by atoms with van der Waals surface area (Å²) in [7, 11) is 1.41. The van der Waals surface area contributed by atoms with Crippen molar-refractivity contribution >= 4 is 16.9 Å². The molecule has 0 amide bonds. The number of halogens is 1. The number of fused-ring (bicyclic) bond motifs is 1. The van der Waals surface area contributed by atoms with E-state index in [1.807, 2.05) is 0 Å². The van der Waals surface area contributed by atoms with Crippen LogP contribution >= 0.6 is 0 Å². The molecule has 0 bridgehead atoms. The van der Waals surface area contributed by atoms with E-state index >= 15 is 0 Å². The van der Waals surface area contributed by atoms with Crippen LogP contribution in [0.2, 0.25) is 0 Å². The van der Waals surface area contributed by atoms with E-state index in [0.717, 1.165) is 0 Å². The minimum atomic E-state index is -0.923. The lowest BCUT2D eigenvalue weighted by molar-refractivity contribution is -0.144. The van der Waals surface area contributed by atoms with Gasteiger partial charge in [0, 0.05) is 23.7 Å². The number of methoxy groups -OCH3 is 1. The largest absolute Gasteiger partial charge is 0.467 e. The third-order valence-electron chi connectivity index (χ3n) is 3.05. The van der Waals surface area contributed by atoms with E-state index in [9.17, 15) is 9.18 Å². The second kappa shape index (κ2) is 6.45. The van der Waals surface area contributed by atoms with Gasteiger partial charge in [-0.2, -0.15) is 4.98 Å². The molecule has 0 saturated heterocycles. The maximum Gasteiger partial charge on any atom is 0.316 e. The quantitative estimate of drug-likeness (QED) is 0.838. The SMILES string of the molecule is CCOC(=O)C(CN)c1c(F)ccc2cnc(OC)nc12. The van der Waals surface area contributed by atoms with Crippen LogP contribution in [0.1, 0.15) is 18.4 Å². The van der Waals surface area contributed by atoms with Gasteiger partial charge in [0.1, 0.15) is 5.82 Å². The lowest BCUT2D eigenvalue weighted by Crippen LogP contribution is -2.25. The molecule has 7 heteroatoms. The van der Waals surface area contributed by atoms with E-state index in [0.29, 0.717) is 10.9 Å². The maximum atomic E-state index is 14.2. The molecule has 0 saturated carbocycles. The normalized spacial score (nSPS) is 12.2. The van der Waals surface area contributed by atoms with Crippen molar-refractivity contribution in [3.63, 3.8) is 0 Å². The number of ether oxygens (including phenoxy) is 2. The maximum absolute atomic E-state index is 14.2. The Balaban J connectivity index is 2.64. The minimum absolute atomic E-state index is 0.0822. The van der Waals surface area contributed by atoms with Crippen LogP contribution in [-0.2, 0) is 9.53 Å². The van der Waals surface area contributed by atoms with Gasteiger partial charge < -0.3 is 15.2 Å². The predicted molar refractivity (Wildman–Crippen MR) is 74.5 cm³/mol. The van der Waals surface area contributed by atoms with E-state index in [1.165, 1.54) is 25.4 Å². The number of hydrogen-bond acceptors (Lipinski definition) is 6. The first-order valence-corrected chi connectivity index (χ1v) is 6.48. The number of carbonyl (C=O) groups is 1. The van der Waals surface area contributed by atoms with Crippen molar-refractivity contribution in [2.45, 2.75) is 12.8 Å². The van der Waals surface area contributed by atoms with E-state index in [1.54, 1.807) is 6.92 Å². The van der Waals surface area contributed by atoms with Gasteiger partial charge in [-0.1, -0.05) is 0 Å². The molecule has 6 nitrogen and oxygen atoms in total. The molecule has 0 aliphatic carbocycles. The molecule has 0 aliphatic heterocycles. The molecule has 21 heavy (non-hydrogen) atoms. The smallest absolute Gasteiger partial charge is 0.316 e. The Morgan fingerprint density at radius 1 is 1.48 bits per heavy atom. The highest BCUT2D eigenvalue weighted by atomic mass is 19.1. The van der Waals surface area contributed by atoms with Gasteiger partial charge in [-0.05, 0) is 19.1 Å². The zero-order valence-corrected chi connectivity index (χ0v) is 11.8. The topological polar surface area (TPSA) is 87.3 Å². The third-order valence-corrected chi connectivity index (χ3v) is 3.05. The molecule has 0 spiro atoms. The first-order valence-electron chi connectivity index (χ1n) is 6.48. The number of hydrogen-bond donors (Lipinski definition) is 1. The van der Waals surface area contributed by atoms with Crippen LogP contribution in [0.5, 0.6) is 6.01 Å². The van der Waals surface area contributed by atoms with E-state index in [4.69, 9.17) is 15.2 Å². The van der Waals surface area contributed by atoms with Crippen LogP contribution < -0.4 is 10.5 Å².